The Morgan fingerprint density at radius 3 is 2.52 bits per heavy atom. The summed E-state index contributed by atoms with van der Waals surface area (Å²) >= 11 is 0. The van der Waals surface area contributed by atoms with Crippen LogP contribution >= 0.6 is 0 Å². The molecule has 5 heteroatoms. The largest absolute Gasteiger partial charge is 0.390 e. The Morgan fingerprint density at radius 2 is 1.72 bits per heavy atom. The van der Waals surface area contributed by atoms with Crippen molar-refractivity contribution in [3.05, 3.63) is 71.3 Å². The van der Waals surface area contributed by atoms with E-state index in [1.807, 2.05) is 54.6 Å². The molecule has 0 heterocycles. The Bertz CT molecular complexity index is 746. The van der Waals surface area contributed by atoms with Crippen molar-refractivity contribution >= 4 is 11.8 Å². The van der Waals surface area contributed by atoms with Crippen LogP contribution in [0.3, 0.4) is 0 Å². The monoisotopic (exact) mass is 338 g/mol. The van der Waals surface area contributed by atoms with E-state index in [2.05, 4.69) is 10.6 Å². The van der Waals surface area contributed by atoms with Crippen LogP contribution in [0.5, 0.6) is 0 Å². The smallest absolute Gasteiger partial charge is 0.224 e. The molecule has 130 valence electrons. The summed E-state index contributed by atoms with van der Waals surface area (Å²) in [5, 5.41) is 15.8. The lowest BCUT2D eigenvalue weighted by Gasteiger charge is -2.18. The van der Waals surface area contributed by atoms with Crippen LogP contribution in [0.2, 0.25) is 0 Å². The number of hydrogen-bond acceptors (Lipinski definition) is 3. The average Bonchev–Trinajstić information content (AvgIpc) is 2.91. The molecule has 0 aromatic heterocycles. The Balaban J connectivity index is 1.43. The summed E-state index contributed by atoms with van der Waals surface area (Å²) in [6.07, 6.45) is 0.437. The lowest BCUT2D eigenvalue weighted by Crippen LogP contribution is -2.36. The zero-order chi connectivity index (χ0) is 17.6. The van der Waals surface area contributed by atoms with Gasteiger partial charge in [-0.3, -0.25) is 9.59 Å². The Labute approximate surface area is 147 Å². The predicted molar refractivity (Wildman–Crippen MR) is 94.8 cm³/mol. The molecule has 5 nitrogen and oxygen atoms in total. The number of hydrogen-bond donors (Lipinski definition) is 3. The second-order valence-corrected chi connectivity index (χ2v) is 6.28. The van der Waals surface area contributed by atoms with Crippen molar-refractivity contribution in [2.75, 3.05) is 6.54 Å². The number of aliphatic hydroxyl groups excluding tert-OH is 1. The highest BCUT2D eigenvalue weighted by atomic mass is 16.3. The molecule has 0 saturated heterocycles. The van der Waals surface area contributed by atoms with E-state index in [9.17, 15) is 14.7 Å². The number of aliphatic hydroxyl groups is 1. The minimum atomic E-state index is -0.603. The number of carbonyl (C=O) groups is 2. The van der Waals surface area contributed by atoms with E-state index in [1.165, 1.54) is 0 Å². The predicted octanol–water partition coefficient (Wildman–Crippen LogP) is 1.51. The van der Waals surface area contributed by atoms with Gasteiger partial charge in [0.15, 0.2) is 0 Å². The molecular formula is C20H22N2O3. The SMILES string of the molecule is O=C(Cc1ccccc1)NCCC(=O)NC1c2ccccc2CC1O. The van der Waals surface area contributed by atoms with E-state index in [0.717, 1.165) is 16.7 Å². The fourth-order valence-electron chi connectivity index (χ4n) is 3.15. The lowest BCUT2D eigenvalue weighted by atomic mass is 10.1. The molecule has 0 saturated carbocycles. The number of amides is 2. The van der Waals surface area contributed by atoms with Gasteiger partial charge in [-0.15, -0.1) is 0 Å². The molecular weight excluding hydrogens is 316 g/mol. The van der Waals surface area contributed by atoms with Gasteiger partial charge in [0.2, 0.25) is 11.8 Å². The first-order valence-electron chi connectivity index (χ1n) is 8.49. The zero-order valence-corrected chi connectivity index (χ0v) is 13.9. The minimum absolute atomic E-state index is 0.106. The summed E-state index contributed by atoms with van der Waals surface area (Å²) in [5.41, 5.74) is 2.98. The van der Waals surface area contributed by atoms with Gasteiger partial charge in [0.25, 0.3) is 0 Å². The van der Waals surface area contributed by atoms with Crippen molar-refractivity contribution < 1.29 is 14.7 Å². The molecule has 1 aliphatic rings. The third-order valence-corrected chi connectivity index (χ3v) is 4.40. The molecule has 25 heavy (non-hydrogen) atoms. The molecule has 2 atom stereocenters. The van der Waals surface area contributed by atoms with Gasteiger partial charge in [-0.2, -0.15) is 0 Å². The molecule has 2 amide bonds. The van der Waals surface area contributed by atoms with E-state index in [4.69, 9.17) is 0 Å². The van der Waals surface area contributed by atoms with E-state index >= 15 is 0 Å². The molecule has 2 unspecified atom stereocenters. The Hall–Kier alpha value is -2.66. The van der Waals surface area contributed by atoms with Crippen molar-refractivity contribution in [3.63, 3.8) is 0 Å². The highest BCUT2D eigenvalue weighted by Gasteiger charge is 2.31. The summed E-state index contributed by atoms with van der Waals surface area (Å²) in [6.45, 7) is 0.280. The molecule has 2 aromatic carbocycles. The maximum atomic E-state index is 12.1. The number of benzene rings is 2. The third kappa shape index (κ3) is 4.45. The van der Waals surface area contributed by atoms with E-state index in [1.54, 1.807) is 0 Å². The number of fused-ring (bicyclic) bond motifs is 1. The van der Waals surface area contributed by atoms with E-state index < -0.39 is 6.10 Å². The minimum Gasteiger partial charge on any atom is -0.390 e. The standard InChI is InChI=1S/C20H22N2O3/c23-17-13-15-8-4-5-9-16(15)20(17)22-18(24)10-11-21-19(25)12-14-6-2-1-3-7-14/h1-9,17,20,23H,10-13H2,(H,21,25)(H,22,24). The molecule has 0 aliphatic heterocycles. The maximum Gasteiger partial charge on any atom is 0.224 e. The second-order valence-electron chi connectivity index (χ2n) is 6.28. The lowest BCUT2D eigenvalue weighted by molar-refractivity contribution is -0.123. The number of nitrogens with one attached hydrogen (secondary N) is 2. The van der Waals surface area contributed by atoms with Crippen molar-refractivity contribution in [2.45, 2.75) is 31.4 Å². The summed E-state index contributed by atoms with van der Waals surface area (Å²) in [5.74, 6) is -0.286. The summed E-state index contributed by atoms with van der Waals surface area (Å²) in [4.78, 5) is 24.0. The summed E-state index contributed by atoms with van der Waals surface area (Å²) < 4.78 is 0. The van der Waals surface area contributed by atoms with Gasteiger partial charge in [0.1, 0.15) is 0 Å². The molecule has 0 bridgehead atoms. The van der Waals surface area contributed by atoms with Gasteiger partial charge in [-0.1, -0.05) is 54.6 Å². The molecule has 0 spiro atoms. The van der Waals surface area contributed by atoms with Gasteiger partial charge in [0, 0.05) is 19.4 Å². The molecule has 2 aromatic rings. The fraction of sp³-hybridized carbons (Fsp3) is 0.300. The summed E-state index contributed by atoms with van der Waals surface area (Å²) in [7, 11) is 0. The molecule has 3 rings (SSSR count). The van der Waals surface area contributed by atoms with Crippen LogP contribution in [-0.4, -0.2) is 29.6 Å². The van der Waals surface area contributed by atoms with Crippen LogP contribution in [0.15, 0.2) is 54.6 Å². The van der Waals surface area contributed by atoms with Crippen molar-refractivity contribution in [1.29, 1.82) is 0 Å². The van der Waals surface area contributed by atoms with Gasteiger partial charge in [-0.25, -0.2) is 0 Å². The van der Waals surface area contributed by atoms with Crippen molar-refractivity contribution in [1.82, 2.24) is 10.6 Å². The number of rotatable bonds is 6. The van der Waals surface area contributed by atoms with Gasteiger partial charge < -0.3 is 15.7 Å². The zero-order valence-electron chi connectivity index (χ0n) is 13.9. The van der Waals surface area contributed by atoms with Crippen LogP contribution < -0.4 is 10.6 Å². The average molecular weight is 338 g/mol. The van der Waals surface area contributed by atoms with Crippen molar-refractivity contribution in [2.24, 2.45) is 0 Å². The van der Waals surface area contributed by atoms with E-state index in [0.29, 0.717) is 12.8 Å². The van der Waals surface area contributed by atoms with Crippen molar-refractivity contribution in [3.8, 4) is 0 Å². The van der Waals surface area contributed by atoms with Crippen LogP contribution in [0.1, 0.15) is 29.2 Å². The maximum absolute atomic E-state index is 12.1. The van der Waals surface area contributed by atoms with Crippen LogP contribution in [-0.2, 0) is 22.4 Å². The summed E-state index contributed by atoms with van der Waals surface area (Å²) in [6, 6.07) is 16.8. The van der Waals surface area contributed by atoms with Crippen LogP contribution in [0.4, 0.5) is 0 Å². The highest BCUT2D eigenvalue weighted by molar-refractivity contribution is 5.80. The first-order chi connectivity index (χ1) is 12.1. The third-order valence-electron chi connectivity index (χ3n) is 4.40. The number of carbonyl (C=O) groups excluding carboxylic acids is 2. The normalized spacial score (nSPS) is 18.4. The second kappa shape index (κ2) is 7.94. The van der Waals surface area contributed by atoms with Gasteiger partial charge >= 0.3 is 0 Å². The van der Waals surface area contributed by atoms with Crippen LogP contribution in [0, 0.1) is 0 Å². The topological polar surface area (TPSA) is 78.4 Å². The van der Waals surface area contributed by atoms with E-state index in [-0.39, 0.29) is 30.8 Å². The van der Waals surface area contributed by atoms with Gasteiger partial charge in [-0.05, 0) is 16.7 Å². The Morgan fingerprint density at radius 1 is 1.00 bits per heavy atom. The fourth-order valence-corrected chi connectivity index (χ4v) is 3.15. The molecule has 1 aliphatic carbocycles. The first kappa shape index (κ1) is 17.2. The van der Waals surface area contributed by atoms with Crippen LogP contribution in [0.25, 0.3) is 0 Å². The highest BCUT2D eigenvalue weighted by Crippen LogP contribution is 2.31. The first-order valence-corrected chi connectivity index (χ1v) is 8.49. The molecule has 0 fully saturated rings. The van der Waals surface area contributed by atoms with Gasteiger partial charge in [0.05, 0.1) is 18.6 Å². The quantitative estimate of drug-likeness (QED) is 0.747. The Kier molecular flexibility index (Phi) is 5.46. The molecule has 3 N–H and O–H groups in total. The molecule has 0 radical (unpaired) electrons.